The van der Waals surface area contributed by atoms with Crippen LogP contribution in [0.4, 0.5) is 17.1 Å². The number of benzene rings is 9. The monoisotopic (exact) mass is 703 g/mol. The fourth-order valence-corrected chi connectivity index (χ4v) is 8.27. The third kappa shape index (κ3) is 5.20. The van der Waals surface area contributed by atoms with E-state index in [1.54, 1.807) is 0 Å². The van der Waals surface area contributed by atoms with Crippen molar-refractivity contribution in [1.82, 2.24) is 0 Å². The van der Waals surface area contributed by atoms with Crippen LogP contribution < -0.4 is 4.90 Å². The van der Waals surface area contributed by atoms with Crippen LogP contribution in [0, 0.1) is 0 Å². The minimum atomic E-state index is 0.868. The lowest BCUT2D eigenvalue weighted by Gasteiger charge is -2.29. The minimum absolute atomic E-state index is 0.868. The molecule has 3 heteroatoms. The Labute approximate surface area is 317 Å². The first kappa shape index (κ1) is 31.2. The first-order chi connectivity index (χ1) is 27.3. The maximum absolute atomic E-state index is 6.45. The molecule has 0 aliphatic heterocycles. The van der Waals surface area contributed by atoms with Crippen molar-refractivity contribution in [3.8, 4) is 33.4 Å². The average molecular weight is 704 g/mol. The van der Waals surface area contributed by atoms with Crippen LogP contribution in [0.15, 0.2) is 209 Å². The van der Waals surface area contributed by atoms with Gasteiger partial charge in [-0.2, -0.15) is 0 Å². The van der Waals surface area contributed by atoms with Crippen LogP contribution >= 0.6 is 0 Å². The van der Waals surface area contributed by atoms with E-state index in [2.05, 4.69) is 181 Å². The molecular weight excluding hydrogens is 671 g/mol. The Bertz CT molecular complexity index is 3200. The smallest absolute Gasteiger partial charge is 0.143 e. The van der Waals surface area contributed by atoms with Crippen molar-refractivity contribution >= 4 is 71.7 Å². The summed E-state index contributed by atoms with van der Waals surface area (Å²) >= 11 is 0. The van der Waals surface area contributed by atoms with Crippen molar-refractivity contribution < 1.29 is 8.83 Å². The van der Waals surface area contributed by atoms with E-state index < -0.39 is 0 Å². The lowest BCUT2D eigenvalue weighted by molar-refractivity contribution is 0.669. The van der Waals surface area contributed by atoms with E-state index in [1.807, 2.05) is 24.3 Å². The van der Waals surface area contributed by atoms with Crippen molar-refractivity contribution in [3.05, 3.63) is 200 Å². The van der Waals surface area contributed by atoms with Gasteiger partial charge in [-0.05, 0) is 81.6 Å². The molecule has 11 rings (SSSR count). The minimum Gasteiger partial charge on any atom is -0.456 e. The molecule has 11 aromatic rings. The normalized spacial score (nSPS) is 11.6. The third-order valence-electron chi connectivity index (χ3n) is 10.9. The van der Waals surface area contributed by atoms with Gasteiger partial charge in [0.15, 0.2) is 0 Å². The number of hydrogen-bond donors (Lipinski definition) is 0. The number of hydrogen-bond acceptors (Lipinski definition) is 3. The molecule has 3 nitrogen and oxygen atoms in total. The summed E-state index contributed by atoms with van der Waals surface area (Å²) in [6.07, 6.45) is 0. The molecule has 0 N–H and O–H groups in total. The summed E-state index contributed by atoms with van der Waals surface area (Å²) in [4.78, 5) is 2.39. The summed E-state index contributed by atoms with van der Waals surface area (Å²) < 4.78 is 12.8. The summed E-state index contributed by atoms with van der Waals surface area (Å²) in [5.74, 6) is 0. The molecule has 0 saturated heterocycles. The van der Waals surface area contributed by atoms with Crippen LogP contribution in [-0.4, -0.2) is 0 Å². The van der Waals surface area contributed by atoms with Crippen LogP contribution in [0.25, 0.3) is 88.0 Å². The fourth-order valence-electron chi connectivity index (χ4n) is 8.27. The van der Waals surface area contributed by atoms with Gasteiger partial charge in [0.25, 0.3) is 0 Å². The predicted octanol–water partition coefficient (Wildman–Crippen LogP) is 15.1. The van der Waals surface area contributed by atoms with Gasteiger partial charge in [0.1, 0.15) is 22.3 Å². The van der Waals surface area contributed by atoms with Gasteiger partial charge in [0.2, 0.25) is 0 Å². The summed E-state index contributed by atoms with van der Waals surface area (Å²) in [6, 6.07) is 71.1. The SMILES string of the molecule is c1ccc(-c2ccc(-c3cccc4ccccc34)cc2N(c2ccc(-c3cccc4c3oc3ccccc34)cc2)c2ccc3oc4ccccc4c3c2)cc1. The molecule has 0 unspecified atom stereocenters. The highest BCUT2D eigenvalue weighted by Crippen LogP contribution is 2.46. The van der Waals surface area contributed by atoms with Crippen molar-refractivity contribution in [1.29, 1.82) is 0 Å². The van der Waals surface area contributed by atoms with E-state index in [9.17, 15) is 0 Å². The first-order valence-electron chi connectivity index (χ1n) is 18.7. The Balaban J connectivity index is 1.14. The Kier molecular flexibility index (Phi) is 7.17. The van der Waals surface area contributed by atoms with Crippen molar-refractivity contribution in [2.75, 3.05) is 4.90 Å². The summed E-state index contributed by atoms with van der Waals surface area (Å²) in [5.41, 5.74) is 13.5. The van der Waals surface area contributed by atoms with E-state index in [1.165, 1.54) is 16.3 Å². The van der Waals surface area contributed by atoms with E-state index in [-0.39, 0.29) is 0 Å². The molecule has 0 bridgehead atoms. The van der Waals surface area contributed by atoms with E-state index in [0.29, 0.717) is 0 Å². The van der Waals surface area contributed by atoms with Gasteiger partial charge in [-0.15, -0.1) is 0 Å². The summed E-state index contributed by atoms with van der Waals surface area (Å²) in [5, 5.41) is 6.88. The molecule has 0 aliphatic rings. The first-order valence-corrected chi connectivity index (χ1v) is 18.7. The molecule has 2 aromatic heterocycles. The topological polar surface area (TPSA) is 29.5 Å². The van der Waals surface area contributed by atoms with E-state index >= 15 is 0 Å². The largest absolute Gasteiger partial charge is 0.456 e. The average Bonchev–Trinajstić information content (AvgIpc) is 3.83. The van der Waals surface area contributed by atoms with Crippen molar-refractivity contribution in [3.63, 3.8) is 0 Å². The van der Waals surface area contributed by atoms with Gasteiger partial charge in [0.05, 0.1) is 5.69 Å². The van der Waals surface area contributed by atoms with Crippen LogP contribution in [0.3, 0.4) is 0 Å². The molecule has 2 heterocycles. The zero-order valence-electron chi connectivity index (χ0n) is 29.8. The van der Waals surface area contributed by atoms with E-state index in [4.69, 9.17) is 8.83 Å². The molecule has 0 atom stereocenters. The number of para-hydroxylation sites is 3. The maximum Gasteiger partial charge on any atom is 0.143 e. The zero-order chi connectivity index (χ0) is 36.3. The molecular formula is C52H33NO2. The molecule has 258 valence electrons. The van der Waals surface area contributed by atoms with Crippen LogP contribution in [0.5, 0.6) is 0 Å². The van der Waals surface area contributed by atoms with Crippen molar-refractivity contribution in [2.24, 2.45) is 0 Å². The number of fused-ring (bicyclic) bond motifs is 7. The van der Waals surface area contributed by atoms with Crippen LogP contribution in [0.1, 0.15) is 0 Å². The van der Waals surface area contributed by atoms with Gasteiger partial charge in [-0.3, -0.25) is 0 Å². The van der Waals surface area contributed by atoms with Gasteiger partial charge >= 0.3 is 0 Å². The lowest BCUT2D eigenvalue weighted by Crippen LogP contribution is -2.11. The Morgan fingerprint density at radius 2 is 0.891 bits per heavy atom. The summed E-state index contributed by atoms with van der Waals surface area (Å²) in [7, 11) is 0. The molecule has 0 aliphatic carbocycles. The van der Waals surface area contributed by atoms with Gasteiger partial charge in [-0.1, -0.05) is 152 Å². The van der Waals surface area contributed by atoms with E-state index in [0.717, 1.165) is 88.8 Å². The lowest BCUT2D eigenvalue weighted by atomic mass is 9.94. The van der Waals surface area contributed by atoms with Crippen LogP contribution in [-0.2, 0) is 0 Å². The second-order valence-corrected chi connectivity index (χ2v) is 14.1. The number of rotatable bonds is 6. The maximum atomic E-state index is 6.45. The number of anilines is 3. The fraction of sp³-hybridized carbons (Fsp3) is 0. The second kappa shape index (κ2) is 12.6. The molecule has 0 saturated carbocycles. The third-order valence-corrected chi connectivity index (χ3v) is 10.9. The Hall–Kier alpha value is -7.36. The molecule has 0 spiro atoms. The van der Waals surface area contributed by atoms with Gasteiger partial charge < -0.3 is 13.7 Å². The summed E-state index contributed by atoms with van der Waals surface area (Å²) in [6.45, 7) is 0. The number of nitrogens with zero attached hydrogens (tertiary/aromatic N) is 1. The molecule has 0 amide bonds. The molecule has 55 heavy (non-hydrogen) atoms. The zero-order valence-corrected chi connectivity index (χ0v) is 29.8. The predicted molar refractivity (Wildman–Crippen MR) is 229 cm³/mol. The van der Waals surface area contributed by atoms with Crippen LogP contribution in [0.2, 0.25) is 0 Å². The highest BCUT2D eigenvalue weighted by atomic mass is 16.3. The quantitative estimate of drug-likeness (QED) is 0.173. The van der Waals surface area contributed by atoms with Crippen molar-refractivity contribution in [2.45, 2.75) is 0 Å². The molecule has 0 radical (unpaired) electrons. The number of furan rings is 2. The Morgan fingerprint density at radius 3 is 1.73 bits per heavy atom. The van der Waals surface area contributed by atoms with Gasteiger partial charge in [0, 0.05) is 44.0 Å². The highest BCUT2D eigenvalue weighted by Gasteiger charge is 2.21. The van der Waals surface area contributed by atoms with Gasteiger partial charge in [-0.25, -0.2) is 0 Å². The second-order valence-electron chi connectivity index (χ2n) is 14.1. The molecule has 0 fully saturated rings. The highest BCUT2D eigenvalue weighted by molar-refractivity contribution is 6.10. The Morgan fingerprint density at radius 1 is 0.309 bits per heavy atom. The standard InChI is InChI=1S/C52H33NO2/c1-2-12-35(13-3-1)42-30-26-37(41-19-10-15-34-14-4-5-16-40(34)41)32-48(42)53(39-29-31-51-47(33-39)45-18-7-8-22-49(45)54-51)38-27-24-36(25-28-38)43-20-11-21-46-44-17-6-9-23-50(44)55-52(43)46/h1-33H. The molecule has 9 aromatic carbocycles.